The molecule has 2 aliphatic rings. The lowest BCUT2D eigenvalue weighted by atomic mass is 9.82. The number of carbonyl (C=O) groups is 6. The van der Waals surface area contributed by atoms with Gasteiger partial charge in [0.2, 0.25) is 5.13 Å². The van der Waals surface area contributed by atoms with Gasteiger partial charge in [-0.05, 0) is 194 Å². The highest BCUT2D eigenvalue weighted by Gasteiger charge is 2.34. The van der Waals surface area contributed by atoms with Gasteiger partial charge in [-0.15, -0.1) is 0 Å². The molecule has 1 aromatic heterocycles. The minimum absolute atomic E-state index is 0.221. The summed E-state index contributed by atoms with van der Waals surface area (Å²) in [6.45, 7) is 9.06. The maximum Gasteiger partial charge on any atom is 0.330 e. The number of fused-ring (bicyclic) bond motifs is 1. The quantitative estimate of drug-likeness (QED) is 0.00962. The van der Waals surface area contributed by atoms with Crippen molar-refractivity contribution < 1.29 is 66.7 Å². The molecule has 1 heterocycles. The van der Waals surface area contributed by atoms with Crippen molar-refractivity contribution in [2.45, 2.75) is 109 Å². The zero-order chi connectivity index (χ0) is 60.3. The number of benzene rings is 5. The van der Waals surface area contributed by atoms with Crippen LogP contribution >= 0.6 is 11.3 Å². The molecule has 452 valence electrons. The van der Waals surface area contributed by atoms with Gasteiger partial charge in [-0.3, -0.25) is 19.2 Å². The molecule has 17 nitrogen and oxygen atoms in total. The molecule has 0 N–H and O–H groups in total. The molecule has 0 atom stereocenters. The van der Waals surface area contributed by atoms with Crippen LogP contribution in [0.25, 0.3) is 10.2 Å². The van der Waals surface area contributed by atoms with Crippen molar-refractivity contribution in [3.8, 4) is 34.5 Å². The van der Waals surface area contributed by atoms with Gasteiger partial charge in [-0.2, -0.15) is 5.10 Å². The molecule has 0 aliphatic heterocycles. The predicted molar refractivity (Wildman–Crippen MR) is 328 cm³/mol. The molecule has 8 rings (SSSR count). The molecule has 18 heteroatoms. The molecule has 5 aromatic carbocycles. The summed E-state index contributed by atoms with van der Waals surface area (Å²) in [4.78, 5) is 81.7. The van der Waals surface area contributed by atoms with E-state index in [1.54, 1.807) is 72.9 Å². The number of unbranched alkanes of at least 4 members (excludes halogenated alkanes) is 6. The monoisotopic (exact) mass is 1190 g/mol. The Morgan fingerprint density at radius 2 is 0.930 bits per heavy atom. The topological polar surface area (TPSA) is 205 Å². The molecule has 6 aromatic rings. The number of anilines is 1. The maximum atomic E-state index is 14.0. The zero-order valence-electron chi connectivity index (χ0n) is 48.5. The summed E-state index contributed by atoms with van der Waals surface area (Å²) < 4.78 is 46.4. The first kappa shape index (κ1) is 63.4. The minimum Gasteiger partial charge on any atom is -0.494 e. The number of hydrazone groups is 1. The molecular weight excluding hydrogens is 1110 g/mol. The second-order valence-corrected chi connectivity index (χ2v) is 22.3. The number of esters is 6. The van der Waals surface area contributed by atoms with Crippen LogP contribution in [0.1, 0.15) is 114 Å². The summed E-state index contributed by atoms with van der Waals surface area (Å²) in [5, 5.41) is 7.44. The van der Waals surface area contributed by atoms with Crippen LogP contribution in [0, 0.1) is 23.7 Å². The Balaban J connectivity index is 0.846. The molecule has 2 aliphatic carbocycles. The van der Waals surface area contributed by atoms with Crippen LogP contribution in [0.15, 0.2) is 152 Å². The molecule has 0 saturated heterocycles. The van der Waals surface area contributed by atoms with E-state index in [1.807, 2.05) is 47.5 Å². The predicted octanol–water partition coefficient (Wildman–Crippen LogP) is 13.4. The summed E-state index contributed by atoms with van der Waals surface area (Å²) in [6, 6.07) is 36.6. The summed E-state index contributed by atoms with van der Waals surface area (Å²) in [6.07, 6.45) is 15.0. The van der Waals surface area contributed by atoms with Gasteiger partial charge in [0.25, 0.3) is 0 Å². The van der Waals surface area contributed by atoms with E-state index in [9.17, 15) is 28.8 Å². The fourth-order valence-electron chi connectivity index (χ4n) is 10.1. The third kappa shape index (κ3) is 20.3. The van der Waals surface area contributed by atoms with Crippen molar-refractivity contribution in [2.75, 3.05) is 38.0 Å². The van der Waals surface area contributed by atoms with Crippen LogP contribution in [-0.2, 0) is 44.7 Å². The van der Waals surface area contributed by atoms with E-state index in [4.69, 9.17) is 48.0 Å². The Bertz CT molecular complexity index is 3190. The zero-order valence-corrected chi connectivity index (χ0v) is 49.3. The van der Waals surface area contributed by atoms with Crippen LogP contribution in [0.4, 0.5) is 5.13 Å². The van der Waals surface area contributed by atoms with Crippen LogP contribution in [-0.4, -0.2) is 80.0 Å². The van der Waals surface area contributed by atoms with E-state index in [0.29, 0.717) is 124 Å². The SMILES string of the molecule is C=CC(=O)OCCCCCCOc1ccc(OC(=O)C2CCC(C(=O)Oc3ccc(OC(=O)C4CCC(C(=O)Oc5ccc(OCCCCCCOC(=O)C=C)cc5)CC4)c(/C=N/N(CCc4ccccc4)c4nc5ccccc5s4)c3)CC2)cc1. The lowest BCUT2D eigenvalue weighted by molar-refractivity contribution is -0.145. The fraction of sp³-hybridized carbons (Fsp3) is 0.382. The highest BCUT2D eigenvalue weighted by Crippen LogP contribution is 2.36. The minimum atomic E-state index is -0.479. The third-order valence-corrected chi connectivity index (χ3v) is 16.1. The summed E-state index contributed by atoms with van der Waals surface area (Å²) in [7, 11) is 0. The average molecular weight is 1190 g/mol. The van der Waals surface area contributed by atoms with Gasteiger partial charge >= 0.3 is 35.8 Å². The number of hydrogen-bond donors (Lipinski definition) is 0. The highest BCUT2D eigenvalue weighted by molar-refractivity contribution is 7.22. The summed E-state index contributed by atoms with van der Waals surface area (Å²) in [5.41, 5.74) is 2.35. The van der Waals surface area contributed by atoms with Gasteiger partial charge in [-0.25, -0.2) is 19.6 Å². The summed E-state index contributed by atoms with van der Waals surface area (Å²) in [5.74, 6) is -1.55. The number of ether oxygens (including phenoxy) is 8. The van der Waals surface area contributed by atoms with Crippen LogP contribution in [0.2, 0.25) is 0 Å². The molecule has 2 saturated carbocycles. The number of nitrogens with zero attached hydrogens (tertiary/aromatic N) is 3. The standard InChI is InChI=1S/C68H75N3O14S/c1-3-62(72)80-44-16-7-5-14-42-78-54-30-34-56(35-31-54)82-64(74)49-22-24-51(25-23-49)66(76)84-58-38-39-60(53(46-58)47-69-71(41-40-48-18-10-9-11-19-48)68-70-59-20-12-13-21-61(59)86-68)85-67(77)52-28-26-50(27-29-52)65(75)83-57-36-32-55(33-37-57)79-43-15-6-8-17-45-81-63(73)4-2/h3-4,9-13,18-21,30-39,46-47,49-52H,1-2,5-8,14-17,22-29,40-45H2/b69-47+. The van der Waals surface area contributed by atoms with Gasteiger partial charge in [0.1, 0.15) is 34.5 Å². The second kappa shape index (κ2) is 33.7. The summed E-state index contributed by atoms with van der Waals surface area (Å²) >= 11 is 1.51. The largest absolute Gasteiger partial charge is 0.494 e. The van der Waals surface area contributed by atoms with Crippen LogP contribution in [0.5, 0.6) is 34.5 Å². The Labute approximate surface area is 506 Å². The number of rotatable bonds is 32. The van der Waals surface area contributed by atoms with Crippen molar-refractivity contribution in [1.82, 2.24) is 4.98 Å². The first-order valence-electron chi connectivity index (χ1n) is 29.8. The first-order valence-corrected chi connectivity index (χ1v) is 30.6. The lowest BCUT2D eigenvalue weighted by Gasteiger charge is -2.26. The van der Waals surface area contributed by atoms with Crippen molar-refractivity contribution in [3.05, 3.63) is 158 Å². The van der Waals surface area contributed by atoms with Gasteiger partial charge in [0.05, 0.1) is 66.5 Å². The maximum absolute atomic E-state index is 14.0. The average Bonchev–Trinajstić information content (AvgIpc) is 4.06. The molecular formula is C68H75N3O14S. The number of hydrogen-bond acceptors (Lipinski definition) is 18. The van der Waals surface area contributed by atoms with Gasteiger partial charge in [-0.1, -0.05) is 67.0 Å². The molecule has 0 spiro atoms. The van der Waals surface area contributed by atoms with Gasteiger partial charge in [0, 0.05) is 24.3 Å². The first-order chi connectivity index (χ1) is 42.0. The van der Waals surface area contributed by atoms with Crippen LogP contribution in [0.3, 0.4) is 0 Å². The van der Waals surface area contributed by atoms with Crippen LogP contribution < -0.4 is 33.4 Å². The highest BCUT2D eigenvalue weighted by atomic mass is 32.1. The Morgan fingerprint density at radius 1 is 0.500 bits per heavy atom. The number of aromatic nitrogens is 1. The Hall–Kier alpha value is -8.64. The fourth-order valence-corrected chi connectivity index (χ4v) is 11.0. The van der Waals surface area contributed by atoms with E-state index in [1.165, 1.54) is 11.3 Å². The second-order valence-electron chi connectivity index (χ2n) is 21.3. The van der Waals surface area contributed by atoms with E-state index in [-0.39, 0.29) is 29.4 Å². The third-order valence-electron chi connectivity index (χ3n) is 15.0. The Morgan fingerprint density at radius 3 is 1.42 bits per heavy atom. The molecule has 2 fully saturated rings. The lowest BCUT2D eigenvalue weighted by Crippen LogP contribution is -2.30. The van der Waals surface area contributed by atoms with Crippen molar-refractivity contribution in [2.24, 2.45) is 28.8 Å². The van der Waals surface area contributed by atoms with Crippen molar-refractivity contribution in [1.29, 1.82) is 0 Å². The van der Waals surface area contributed by atoms with E-state index in [0.717, 1.165) is 79.3 Å². The van der Waals surface area contributed by atoms with Gasteiger partial charge in [0.15, 0.2) is 0 Å². The Kier molecular flexibility index (Phi) is 24.9. The van der Waals surface area contributed by atoms with E-state index >= 15 is 0 Å². The van der Waals surface area contributed by atoms with Crippen molar-refractivity contribution in [3.63, 3.8) is 0 Å². The number of thiazole rings is 1. The van der Waals surface area contributed by atoms with Crippen molar-refractivity contribution >= 4 is 68.7 Å². The molecule has 0 amide bonds. The molecule has 0 radical (unpaired) electrons. The smallest absolute Gasteiger partial charge is 0.330 e. The van der Waals surface area contributed by atoms with E-state index < -0.39 is 41.6 Å². The molecule has 0 bridgehead atoms. The molecule has 86 heavy (non-hydrogen) atoms. The number of para-hydroxylation sites is 1. The van der Waals surface area contributed by atoms with E-state index in [2.05, 4.69) is 25.3 Å². The number of carbonyl (C=O) groups excluding carboxylic acids is 6. The normalized spacial score (nSPS) is 16.5. The van der Waals surface area contributed by atoms with Gasteiger partial charge < -0.3 is 37.9 Å². The molecule has 0 unspecified atom stereocenters.